The van der Waals surface area contributed by atoms with Gasteiger partial charge in [0.15, 0.2) is 11.5 Å². The fourth-order valence-electron chi connectivity index (χ4n) is 2.15. The number of phenolic OH excluding ortho intramolecular Hbond substituents is 1. The zero-order chi connectivity index (χ0) is 18.0. The number of carbonyl (C=O) groups excluding carboxylic acids is 1. The molecule has 1 amide bonds. The molecule has 0 radical (unpaired) electrons. The van der Waals surface area contributed by atoms with Gasteiger partial charge in [-0.1, -0.05) is 5.16 Å². The number of amides is 1. The summed E-state index contributed by atoms with van der Waals surface area (Å²) in [5, 5.41) is 20.6. The number of hydrogen-bond donors (Lipinski definition) is 2. The van der Waals surface area contributed by atoms with Gasteiger partial charge >= 0.3 is 0 Å². The summed E-state index contributed by atoms with van der Waals surface area (Å²) < 4.78 is 19.9. The van der Waals surface area contributed by atoms with Crippen molar-refractivity contribution in [2.45, 2.75) is 6.92 Å². The van der Waals surface area contributed by atoms with Crippen molar-refractivity contribution in [3.8, 4) is 17.1 Å². The Labute approximate surface area is 141 Å². The van der Waals surface area contributed by atoms with Gasteiger partial charge in [0.25, 0.3) is 5.91 Å². The van der Waals surface area contributed by atoms with Gasteiger partial charge < -0.3 is 9.63 Å². The van der Waals surface area contributed by atoms with Crippen LogP contribution in [0.1, 0.15) is 21.7 Å². The number of nitrogens with zero attached hydrogens (tertiary/aromatic N) is 4. The maximum absolute atomic E-state index is 13.7. The second-order valence-corrected chi connectivity index (χ2v) is 5.24. The fourth-order valence-corrected chi connectivity index (χ4v) is 2.15. The van der Waals surface area contributed by atoms with Crippen molar-refractivity contribution in [2.75, 3.05) is 0 Å². The Hall–Kier alpha value is -3.49. The summed E-state index contributed by atoms with van der Waals surface area (Å²) in [6, 6.07) is 7.68. The minimum Gasteiger partial charge on any atom is -0.508 e. The number of nitrogens with one attached hydrogen (secondary N) is 1. The highest BCUT2D eigenvalue weighted by atomic mass is 19.1. The van der Waals surface area contributed by atoms with Gasteiger partial charge in [0.05, 0.1) is 17.5 Å². The van der Waals surface area contributed by atoms with E-state index >= 15 is 0 Å². The standard InChI is InChI=1S/C16H14FN5O3/c1-9-12(15(17)22(2)20-9)8-18-19-16(24)13-7-14(25-21-13)10-3-5-11(23)6-4-10/h3-8,23H,1-2H3,(H,19,24). The lowest BCUT2D eigenvalue weighted by Gasteiger charge is -1.95. The summed E-state index contributed by atoms with van der Waals surface area (Å²) in [4.78, 5) is 12.0. The third kappa shape index (κ3) is 3.39. The van der Waals surface area contributed by atoms with Crippen LogP contribution in [-0.4, -0.2) is 32.2 Å². The summed E-state index contributed by atoms with van der Waals surface area (Å²) >= 11 is 0. The van der Waals surface area contributed by atoms with E-state index in [2.05, 4.69) is 20.8 Å². The molecule has 2 N–H and O–H groups in total. The Kier molecular flexibility index (Phi) is 4.29. The number of phenols is 1. The monoisotopic (exact) mass is 343 g/mol. The van der Waals surface area contributed by atoms with E-state index in [1.807, 2.05) is 0 Å². The highest BCUT2D eigenvalue weighted by molar-refractivity contribution is 5.94. The molecule has 128 valence electrons. The first kappa shape index (κ1) is 16.4. The normalized spacial score (nSPS) is 11.2. The topological polar surface area (TPSA) is 106 Å². The molecule has 0 spiro atoms. The van der Waals surface area contributed by atoms with Gasteiger partial charge in [0, 0.05) is 18.7 Å². The number of halogens is 1. The maximum Gasteiger partial charge on any atom is 0.293 e. The number of aryl methyl sites for hydroxylation is 2. The predicted molar refractivity (Wildman–Crippen MR) is 86.6 cm³/mol. The lowest BCUT2D eigenvalue weighted by Crippen LogP contribution is -2.18. The van der Waals surface area contributed by atoms with Crippen molar-refractivity contribution < 1.29 is 18.8 Å². The summed E-state index contributed by atoms with van der Waals surface area (Å²) in [7, 11) is 1.47. The van der Waals surface area contributed by atoms with Crippen LogP contribution in [0.25, 0.3) is 11.3 Å². The van der Waals surface area contributed by atoms with Crippen molar-refractivity contribution >= 4 is 12.1 Å². The first-order chi connectivity index (χ1) is 12.0. The molecule has 25 heavy (non-hydrogen) atoms. The Morgan fingerprint density at radius 1 is 1.40 bits per heavy atom. The second-order valence-electron chi connectivity index (χ2n) is 5.24. The molecule has 0 bridgehead atoms. The number of hydrazone groups is 1. The summed E-state index contributed by atoms with van der Waals surface area (Å²) in [6.07, 6.45) is 1.18. The molecule has 0 unspecified atom stereocenters. The minimum absolute atomic E-state index is 0.0172. The van der Waals surface area contributed by atoms with E-state index in [1.165, 1.54) is 31.5 Å². The van der Waals surface area contributed by atoms with Gasteiger partial charge in [-0.3, -0.25) is 4.79 Å². The van der Waals surface area contributed by atoms with E-state index in [4.69, 9.17) is 4.52 Å². The third-order valence-electron chi connectivity index (χ3n) is 3.45. The van der Waals surface area contributed by atoms with Crippen LogP contribution in [0.4, 0.5) is 4.39 Å². The molecule has 0 saturated carbocycles. The molecule has 2 heterocycles. The van der Waals surface area contributed by atoms with Crippen molar-refractivity contribution in [2.24, 2.45) is 12.1 Å². The number of benzene rings is 1. The maximum atomic E-state index is 13.7. The molecule has 3 aromatic rings. The summed E-state index contributed by atoms with van der Waals surface area (Å²) in [5.74, 6) is -0.671. The highest BCUT2D eigenvalue weighted by Gasteiger charge is 2.14. The fraction of sp³-hybridized carbons (Fsp3) is 0.125. The van der Waals surface area contributed by atoms with Crippen LogP contribution in [0.3, 0.4) is 0 Å². The Bertz CT molecular complexity index is 943. The minimum atomic E-state index is -0.605. The van der Waals surface area contributed by atoms with Crippen LogP contribution >= 0.6 is 0 Å². The highest BCUT2D eigenvalue weighted by Crippen LogP contribution is 2.22. The van der Waals surface area contributed by atoms with Gasteiger partial charge in [0.1, 0.15) is 5.75 Å². The van der Waals surface area contributed by atoms with E-state index in [0.717, 1.165) is 4.68 Å². The van der Waals surface area contributed by atoms with Gasteiger partial charge in [-0.05, 0) is 31.2 Å². The van der Waals surface area contributed by atoms with E-state index in [1.54, 1.807) is 19.1 Å². The van der Waals surface area contributed by atoms with Crippen LogP contribution in [0, 0.1) is 12.9 Å². The first-order valence-electron chi connectivity index (χ1n) is 7.24. The molecular weight excluding hydrogens is 329 g/mol. The number of aromatic nitrogens is 3. The molecule has 2 aromatic heterocycles. The molecule has 3 rings (SSSR count). The Morgan fingerprint density at radius 2 is 2.12 bits per heavy atom. The second kappa shape index (κ2) is 6.56. The largest absolute Gasteiger partial charge is 0.508 e. The molecule has 9 heteroatoms. The molecule has 0 aliphatic heterocycles. The number of carbonyl (C=O) groups is 1. The molecule has 0 saturated heterocycles. The third-order valence-corrected chi connectivity index (χ3v) is 3.45. The van der Waals surface area contributed by atoms with Crippen LogP contribution in [0.2, 0.25) is 0 Å². The van der Waals surface area contributed by atoms with E-state index in [-0.39, 0.29) is 17.0 Å². The Balaban J connectivity index is 1.70. The summed E-state index contributed by atoms with van der Waals surface area (Å²) in [6.45, 7) is 1.63. The van der Waals surface area contributed by atoms with Crippen molar-refractivity contribution in [1.29, 1.82) is 0 Å². The molecular formula is C16H14FN5O3. The van der Waals surface area contributed by atoms with Gasteiger partial charge in [-0.2, -0.15) is 14.6 Å². The zero-order valence-corrected chi connectivity index (χ0v) is 13.4. The number of rotatable bonds is 4. The first-order valence-corrected chi connectivity index (χ1v) is 7.24. The van der Waals surface area contributed by atoms with Crippen molar-refractivity contribution in [1.82, 2.24) is 20.4 Å². The number of aromatic hydroxyl groups is 1. The predicted octanol–water partition coefficient (Wildman–Crippen LogP) is 1.99. The quantitative estimate of drug-likeness (QED) is 0.557. The molecule has 0 atom stereocenters. The van der Waals surface area contributed by atoms with Crippen molar-refractivity contribution in [3.05, 3.63) is 53.2 Å². The van der Waals surface area contributed by atoms with Crippen molar-refractivity contribution in [3.63, 3.8) is 0 Å². The zero-order valence-electron chi connectivity index (χ0n) is 13.4. The van der Waals surface area contributed by atoms with E-state index < -0.39 is 11.9 Å². The molecule has 1 aromatic carbocycles. The van der Waals surface area contributed by atoms with E-state index in [9.17, 15) is 14.3 Å². The summed E-state index contributed by atoms with van der Waals surface area (Å²) in [5.41, 5.74) is 3.56. The Morgan fingerprint density at radius 3 is 2.76 bits per heavy atom. The molecule has 0 aliphatic carbocycles. The van der Waals surface area contributed by atoms with Gasteiger partial charge in [-0.25, -0.2) is 10.1 Å². The van der Waals surface area contributed by atoms with Crippen LogP contribution in [0.5, 0.6) is 5.75 Å². The van der Waals surface area contributed by atoms with Crippen LogP contribution in [0.15, 0.2) is 40.0 Å². The molecule has 0 aliphatic rings. The SMILES string of the molecule is Cc1nn(C)c(F)c1C=NNC(=O)c1cc(-c2ccc(O)cc2)on1. The van der Waals surface area contributed by atoms with E-state index in [0.29, 0.717) is 17.0 Å². The average Bonchev–Trinajstić information content (AvgIpc) is 3.16. The smallest absolute Gasteiger partial charge is 0.293 e. The molecule has 0 fully saturated rings. The average molecular weight is 343 g/mol. The lowest BCUT2D eigenvalue weighted by atomic mass is 10.1. The van der Waals surface area contributed by atoms with Crippen LogP contribution < -0.4 is 5.43 Å². The van der Waals surface area contributed by atoms with Gasteiger partial charge in [-0.15, -0.1) is 0 Å². The molecule has 8 nitrogen and oxygen atoms in total. The van der Waals surface area contributed by atoms with Gasteiger partial charge in [0.2, 0.25) is 5.95 Å². The van der Waals surface area contributed by atoms with Crippen LogP contribution in [-0.2, 0) is 7.05 Å². The lowest BCUT2D eigenvalue weighted by molar-refractivity contribution is 0.0946. The number of hydrogen-bond acceptors (Lipinski definition) is 6.